The second-order valence-corrected chi connectivity index (χ2v) is 5.90. The van der Waals surface area contributed by atoms with Crippen LogP contribution < -0.4 is 9.64 Å². The number of halogens is 2. The fraction of sp³-hybridized carbons (Fsp3) is 0.250. The van der Waals surface area contributed by atoms with Gasteiger partial charge >= 0.3 is 0 Å². The van der Waals surface area contributed by atoms with E-state index in [1.54, 1.807) is 18.1 Å². The Morgan fingerprint density at radius 2 is 2.04 bits per heavy atom. The average molecular weight is 362 g/mol. The lowest BCUT2D eigenvalue weighted by molar-refractivity contribution is -0.118. The molecule has 0 saturated heterocycles. The maximum Gasteiger partial charge on any atom is 0.227 e. The molecule has 0 aliphatic heterocycles. The van der Waals surface area contributed by atoms with Gasteiger partial charge < -0.3 is 9.64 Å². The molecule has 132 valence electrons. The molecule has 2 aromatic rings. The van der Waals surface area contributed by atoms with Crippen LogP contribution in [0.1, 0.15) is 25.3 Å². The molecule has 0 unspecified atom stereocenters. The minimum atomic E-state index is -0.502. The summed E-state index contributed by atoms with van der Waals surface area (Å²) in [5, 5.41) is 0.000469. The summed E-state index contributed by atoms with van der Waals surface area (Å²) in [6.45, 7) is 2.30. The van der Waals surface area contributed by atoms with Crippen LogP contribution in [0.25, 0.3) is 6.08 Å². The molecule has 0 saturated carbocycles. The molecular formula is C20H21ClFNO2. The molecule has 0 aromatic heterocycles. The highest BCUT2D eigenvalue weighted by atomic mass is 35.5. The van der Waals surface area contributed by atoms with E-state index in [4.69, 9.17) is 16.3 Å². The van der Waals surface area contributed by atoms with Gasteiger partial charge in [0.2, 0.25) is 5.91 Å². The van der Waals surface area contributed by atoms with Crippen LogP contribution in [0.2, 0.25) is 5.02 Å². The highest BCUT2D eigenvalue weighted by Crippen LogP contribution is 2.24. The zero-order valence-corrected chi connectivity index (χ0v) is 15.1. The SMILES string of the molecule is CCCC(=O)N(C/C=C/c1ccccc1OC)c1ccc(F)c(Cl)c1. The molecule has 0 aliphatic rings. The Bertz CT molecular complexity index is 761. The Balaban J connectivity index is 2.23. The third-order valence-corrected chi connectivity index (χ3v) is 3.99. The molecule has 3 nitrogen and oxygen atoms in total. The highest BCUT2D eigenvalue weighted by molar-refractivity contribution is 6.31. The number of ether oxygens (including phenoxy) is 1. The molecule has 5 heteroatoms. The van der Waals surface area contributed by atoms with Gasteiger partial charge in [-0.1, -0.05) is 48.9 Å². The number of hydrogen-bond donors (Lipinski definition) is 0. The van der Waals surface area contributed by atoms with Crippen molar-refractivity contribution in [1.82, 2.24) is 0 Å². The summed E-state index contributed by atoms with van der Waals surface area (Å²) in [5.41, 5.74) is 1.50. The van der Waals surface area contributed by atoms with Crippen LogP contribution in [0.4, 0.5) is 10.1 Å². The molecule has 0 atom stereocenters. The molecular weight excluding hydrogens is 341 g/mol. The van der Waals surface area contributed by atoms with Crippen molar-refractivity contribution >= 4 is 29.3 Å². The van der Waals surface area contributed by atoms with Gasteiger partial charge in [-0.15, -0.1) is 0 Å². The van der Waals surface area contributed by atoms with E-state index in [1.165, 1.54) is 12.1 Å². The van der Waals surface area contributed by atoms with E-state index in [2.05, 4.69) is 0 Å². The summed E-state index contributed by atoms with van der Waals surface area (Å²) in [4.78, 5) is 14.0. The predicted octanol–water partition coefficient (Wildman–Crippen LogP) is 5.33. The molecule has 0 heterocycles. The molecule has 0 spiro atoms. The van der Waals surface area contributed by atoms with Crippen molar-refractivity contribution in [3.8, 4) is 5.75 Å². The van der Waals surface area contributed by atoms with Crippen molar-refractivity contribution in [3.05, 3.63) is 64.9 Å². The van der Waals surface area contributed by atoms with Crippen molar-refractivity contribution in [2.45, 2.75) is 19.8 Å². The second-order valence-electron chi connectivity index (χ2n) is 5.50. The number of carbonyl (C=O) groups excluding carboxylic acids is 1. The number of hydrogen-bond acceptors (Lipinski definition) is 2. The Morgan fingerprint density at radius 1 is 1.28 bits per heavy atom. The van der Waals surface area contributed by atoms with Crippen LogP contribution in [0.5, 0.6) is 5.75 Å². The lowest BCUT2D eigenvalue weighted by Crippen LogP contribution is -2.30. The fourth-order valence-electron chi connectivity index (χ4n) is 2.44. The van der Waals surface area contributed by atoms with Crippen molar-refractivity contribution in [3.63, 3.8) is 0 Å². The van der Waals surface area contributed by atoms with Crippen LogP contribution in [-0.4, -0.2) is 19.6 Å². The summed E-state index contributed by atoms with van der Waals surface area (Å²) in [7, 11) is 1.62. The predicted molar refractivity (Wildman–Crippen MR) is 101 cm³/mol. The van der Waals surface area contributed by atoms with E-state index in [9.17, 15) is 9.18 Å². The molecule has 0 N–H and O–H groups in total. The van der Waals surface area contributed by atoms with Gasteiger partial charge in [0.05, 0.1) is 12.1 Å². The van der Waals surface area contributed by atoms with Crippen molar-refractivity contribution in [1.29, 1.82) is 0 Å². The van der Waals surface area contributed by atoms with Gasteiger partial charge in [-0.25, -0.2) is 4.39 Å². The number of methoxy groups -OCH3 is 1. The number of nitrogens with zero attached hydrogens (tertiary/aromatic N) is 1. The molecule has 1 amide bonds. The van der Waals surface area contributed by atoms with Gasteiger partial charge in [0.1, 0.15) is 11.6 Å². The zero-order valence-electron chi connectivity index (χ0n) is 14.3. The van der Waals surface area contributed by atoms with Crippen LogP contribution in [0.3, 0.4) is 0 Å². The number of benzene rings is 2. The lowest BCUT2D eigenvalue weighted by atomic mass is 10.2. The Hall–Kier alpha value is -2.33. The first kappa shape index (κ1) is 19.0. The second kappa shape index (κ2) is 9.23. The van der Waals surface area contributed by atoms with Crippen LogP contribution in [0.15, 0.2) is 48.5 Å². The third kappa shape index (κ3) is 5.07. The maximum atomic E-state index is 13.4. The monoisotopic (exact) mass is 361 g/mol. The van der Waals surface area contributed by atoms with Crippen LogP contribution in [-0.2, 0) is 4.79 Å². The summed E-state index contributed by atoms with van der Waals surface area (Å²) in [6.07, 6.45) is 4.93. The van der Waals surface area contributed by atoms with E-state index in [1.807, 2.05) is 43.3 Å². The van der Waals surface area contributed by atoms with E-state index in [0.717, 1.165) is 17.7 Å². The summed E-state index contributed by atoms with van der Waals surface area (Å²) in [5.74, 6) is 0.225. The van der Waals surface area contributed by atoms with Crippen molar-refractivity contribution in [2.75, 3.05) is 18.6 Å². The van der Waals surface area contributed by atoms with Gasteiger partial charge in [-0.3, -0.25) is 4.79 Å². The van der Waals surface area contributed by atoms with Crippen LogP contribution in [0, 0.1) is 5.82 Å². The van der Waals surface area contributed by atoms with Crippen molar-refractivity contribution < 1.29 is 13.9 Å². The molecule has 2 aromatic carbocycles. The molecule has 0 aliphatic carbocycles. The maximum absolute atomic E-state index is 13.4. The standard InChI is InChI=1S/C20H21ClFNO2/c1-3-7-20(24)23(16-11-12-18(22)17(21)14-16)13-6-9-15-8-4-5-10-19(15)25-2/h4-6,8-12,14H,3,7,13H2,1-2H3/b9-6+. The number of carbonyl (C=O) groups is 1. The Kier molecular flexibility index (Phi) is 7.02. The quantitative estimate of drug-likeness (QED) is 0.666. The number of amides is 1. The molecule has 0 bridgehead atoms. The topological polar surface area (TPSA) is 29.5 Å². The average Bonchev–Trinajstić information content (AvgIpc) is 2.61. The van der Waals surface area contributed by atoms with Gasteiger partial charge in [0.15, 0.2) is 0 Å². The minimum Gasteiger partial charge on any atom is -0.496 e. The van der Waals surface area contributed by atoms with Crippen molar-refractivity contribution in [2.24, 2.45) is 0 Å². The Morgan fingerprint density at radius 3 is 2.72 bits per heavy atom. The number of rotatable bonds is 7. The van der Waals surface area contributed by atoms with Gasteiger partial charge in [-0.05, 0) is 30.7 Å². The van der Waals surface area contributed by atoms with Crippen LogP contribution >= 0.6 is 11.6 Å². The number of para-hydroxylation sites is 1. The molecule has 0 radical (unpaired) electrons. The van der Waals surface area contributed by atoms with E-state index < -0.39 is 5.82 Å². The minimum absolute atomic E-state index is 0.000469. The summed E-state index contributed by atoms with van der Waals surface area (Å²) in [6, 6.07) is 11.9. The van der Waals surface area contributed by atoms with Gasteiger partial charge in [0, 0.05) is 24.2 Å². The molecule has 2 rings (SSSR count). The van der Waals surface area contributed by atoms with Gasteiger partial charge in [0.25, 0.3) is 0 Å². The fourth-order valence-corrected chi connectivity index (χ4v) is 2.62. The van der Waals surface area contributed by atoms with E-state index in [-0.39, 0.29) is 10.9 Å². The molecule has 25 heavy (non-hydrogen) atoms. The smallest absolute Gasteiger partial charge is 0.227 e. The van der Waals surface area contributed by atoms with E-state index in [0.29, 0.717) is 18.7 Å². The normalized spacial score (nSPS) is 10.9. The zero-order chi connectivity index (χ0) is 18.2. The Labute approximate surface area is 152 Å². The first-order chi connectivity index (χ1) is 12.1. The highest BCUT2D eigenvalue weighted by Gasteiger charge is 2.15. The number of anilines is 1. The summed E-state index contributed by atoms with van der Waals surface area (Å²) >= 11 is 5.86. The molecule has 0 fully saturated rings. The first-order valence-electron chi connectivity index (χ1n) is 8.11. The largest absolute Gasteiger partial charge is 0.496 e. The third-order valence-electron chi connectivity index (χ3n) is 3.70. The van der Waals surface area contributed by atoms with E-state index >= 15 is 0 Å². The van der Waals surface area contributed by atoms with Gasteiger partial charge in [-0.2, -0.15) is 0 Å². The first-order valence-corrected chi connectivity index (χ1v) is 8.49. The summed E-state index contributed by atoms with van der Waals surface area (Å²) < 4.78 is 18.7. The lowest BCUT2D eigenvalue weighted by Gasteiger charge is -2.21.